The van der Waals surface area contributed by atoms with E-state index in [2.05, 4.69) is 11.4 Å². The molecule has 102 valence electrons. The Labute approximate surface area is 111 Å². The van der Waals surface area contributed by atoms with Crippen molar-refractivity contribution < 1.29 is 4.79 Å². The Morgan fingerprint density at radius 2 is 2.11 bits per heavy atom. The number of hydrogen-bond acceptors (Lipinski definition) is 2. The molecule has 2 rings (SSSR count). The molecule has 2 heteroatoms. The molecule has 1 heterocycles. The van der Waals surface area contributed by atoms with E-state index in [0.717, 1.165) is 50.3 Å². The third kappa shape index (κ3) is 4.56. The van der Waals surface area contributed by atoms with Crippen LogP contribution in [0.5, 0.6) is 0 Å². The average molecular weight is 249 g/mol. The summed E-state index contributed by atoms with van der Waals surface area (Å²) in [6.07, 6.45) is 13.9. The molecule has 0 bridgehead atoms. The van der Waals surface area contributed by atoms with Gasteiger partial charge < -0.3 is 5.32 Å². The highest BCUT2D eigenvalue weighted by molar-refractivity contribution is 5.95. The van der Waals surface area contributed by atoms with E-state index in [4.69, 9.17) is 0 Å². The van der Waals surface area contributed by atoms with Crippen LogP contribution in [0.25, 0.3) is 0 Å². The molecule has 1 N–H and O–H groups in total. The number of ketones is 1. The fourth-order valence-corrected chi connectivity index (χ4v) is 3.11. The van der Waals surface area contributed by atoms with Gasteiger partial charge in [0.2, 0.25) is 0 Å². The minimum Gasteiger partial charge on any atom is -0.316 e. The number of nitrogens with one attached hydrogen (secondary N) is 1. The monoisotopic (exact) mass is 249 g/mol. The summed E-state index contributed by atoms with van der Waals surface area (Å²) < 4.78 is 0. The summed E-state index contributed by atoms with van der Waals surface area (Å²) in [5.41, 5.74) is 1.14. The van der Waals surface area contributed by atoms with E-state index in [0.29, 0.717) is 5.78 Å². The molecular weight excluding hydrogens is 222 g/mol. The van der Waals surface area contributed by atoms with Crippen LogP contribution in [-0.2, 0) is 4.79 Å². The van der Waals surface area contributed by atoms with Crippen molar-refractivity contribution in [1.82, 2.24) is 5.32 Å². The van der Waals surface area contributed by atoms with E-state index < -0.39 is 0 Å². The Kier molecular flexibility index (Phi) is 5.92. The first-order valence-corrected chi connectivity index (χ1v) is 7.79. The second kappa shape index (κ2) is 7.73. The van der Waals surface area contributed by atoms with Crippen molar-refractivity contribution in [2.75, 3.05) is 13.1 Å². The molecule has 1 fully saturated rings. The fraction of sp³-hybridized carbons (Fsp3) is 0.812. The van der Waals surface area contributed by atoms with E-state index >= 15 is 0 Å². The van der Waals surface area contributed by atoms with Gasteiger partial charge in [-0.2, -0.15) is 0 Å². The Hall–Kier alpha value is -0.630. The molecule has 0 amide bonds. The molecule has 18 heavy (non-hydrogen) atoms. The molecule has 0 aromatic rings. The smallest absolute Gasteiger partial charge is 0.158 e. The van der Waals surface area contributed by atoms with E-state index in [1.807, 2.05) is 0 Å². The van der Waals surface area contributed by atoms with Crippen molar-refractivity contribution in [2.24, 2.45) is 5.92 Å². The molecule has 0 saturated carbocycles. The molecule has 1 aliphatic heterocycles. The molecule has 1 unspecified atom stereocenters. The zero-order valence-electron chi connectivity index (χ0n) is 11.5. The maximum Gasteiger partial charge on any atom is 0.158 e. The van der Waals surface area contributed by atoms with Gasteiger partial charge in [0.05, 0.1) is 0 Å². The highest BCUT2D eigenvalue weighted by Crippen LogP contribution is 2.21. The second-order valence-electron chi connectivity index (χ2n) is 5.86. The van der Waals surface area contributed by atoms with Crippen molar-refractivity contribution in [3.05, 3.63) is 11.6 Å². The molecule has 0 radical (unpaired) electrons. The molecule has 2 aliphatic rings. The predicted molar refractivity (Wildman–Crippen MR) is 75.6 cm³/mol. The van der Waals surface area contributed by atoms with Crippen LogP contribution in [0.1, 0.15) is 64.2 Å². The largest absolute Gasteiger partial charge is 0.316 e. The lowest BCUT2D eigenvalue weighted by Crippen LogP contribution is -2.30. The third-order valence-electron chi connectivity index (χ3n) is 4.33. The molecule has 0 spiro atoms. The lowest BCUT2D eigenvalue weighted by atomic mass is 9.90. The van der Waals surface area contributed by atoms with Crippen LogP contribution in [-0.4, -0.2) is 18.9 Å². The summed E-state index contributed by atoms with van der Waals surface area (Å²) in [5.74, 6) is 1.17. The minimum atomic E-state index is 0.433. The lowest BCUT2D eigenvalue weighted by Gasteiger charge is -2.22. The summed E-state index contributed by atoms with van der Waals surface area (Å²) in [6.45, 7) is 2.28. The Morgan fingerprint density at radius 3 is 2.94 bits per heavy atom. The summed E-state index contributed by atoms with van der Waals surface area (Å²) in [5, 5.41) is 3.43. The normalized spacial score (nSPS) is 26.0. The van der Waals surface area contributed by atoms with Gasteiger partial charge >= 0.3 is 0 Å². The molecule has 1 aliphatic carbocycles. The van der Waals surface area contributed by atoms with Crippen molar-refractivity contribution >= 4 is 5.78 Å². The zero-order chi connectivity index (χ0) is 12.6. The summed E-state index contributed by atoms with van der Waals surface area (Å²) in [6, 6.07) is 0. The lowest BCUT2D eigenvalue weighted by molar-refractivity contribution is -0.116. The van der Waals surface area contributed by atoms with Crippen molar-refractivity contribution in [2.45, 2.75) is 64.2 Å². The SMILES string of the molecule is O=C(CCC1CCCNC1)C1=CCCCCCC1. The first-order chi connectivity index (χ1) is 8.86. The highest BCUT2D eigenvalue weighted by atomic mass is 16.1. The Balaban J connectivity index is 1.75. The van der Waals surface area contributed by atoms with Crippen LogP contribution >= 0.6 is 0 Å². The van der Waals surface area contributed by atoms with E-state index in [9.17, 15) is 4.79 Å². The number of Topliss-reactive ketones (excluding diaryl/α,β-unsaturated/α-hetero) is 1. The van der Waals surface area contributed by atoms with Crippen LogP contribution < -0.4 is 5.32 Å². The van der Waals surface area contributed by atoms with Gasteiger partial charge in [0.1, 0.15) is 0 Å². The van der Waals surface area contributed by atoms with Crippen LogP contribution in [0.3, 0.4) is 0 Å². The average Bonchev–Trinajstić information content (AvgIpc) is 2.37. The highest BCUT2D eigenvalue weighted by Gasteiger charge is 2.16. The van der Waals surface area contributed by atoms with Crippen molar-refractivity contribution in [1.29, 1.82) is 0 Å². The maximum absolute atomic E-state index is 12.2. The number of piperidine rings is 1. The molecular formula is C16H27NO. The minimum absolute atomic E-state index is 0.433. The number of hydrogen-bond donors (Lipinski definition) is 1. The van der Waals surface area contributed by atoms with Crippen LogP contribution in [0.4, 0.5) is 0 Å². The van der Waals surface area contributed by atoms with E-state index in [1.54, 1.807) is 0 Å². The van der Waals surface area contributed by atoms with Gasteiger partial charge in [-0.3, -0.25) is 4.79 Å². The van der Waals surface area contributed by atoms with Gasteiger partial charge in [-0.25, -0.2) is 0 Å². The first-order valence-electron chi connectivity index (χ1n) is 7.79. The standard InChI is InChI=1S/C16H27NO/c18-16(11-10-14-7-6-12-17-13-14)15-8-4-2-1-3-5-9-15/h8,14,17H,1-7,9-13H2. The molecule has 0 aromatic heterocycles. The number of rotatable bonds is 4. The van der Waals surface area contributed by atoms with Crippen LogP contribution in [0.15, 0.2) is 11.6 Å². The quantitative estimate of drug-likeness (QED) is 0.824. The second-order valence-corrected chi connectivity index (χ2v) is 5.86. The van der Waals surface area contributed by atoms with E-state index in [1.165, 1.54) is 38.5 Å². The topological polar surface area (TPSA) is 29.1 Å². The Bertz CT molecular complexity index is 289. The molecule has 1 saturated heterocycles. The zero-order valence-corrected chi connectivity index (χ0v) is 11.5. The van der Waals surface area contributed by atoms with Gasteiger partial charge in [-0.1, -0.05) is 18.9 Å². The van der Waals surface area contributed by atoms with Gasteiger partial charge in [-0.15, -0.1) is 0 Å². The maximum atomic E-state index is 12.2. The van der Waals surface area contributed by atoms with Crippen molar-refractivity contribution in [3.8, 4) is 0 Å². The van der Waals surface area contributed by atoms with Crippen molar-refractivity contribution in [3.63, 3.8) is 0 Å². The summed E-state index contributed by atoms with van der Waals surface area (Å²) >= 11 is 0. The molecule has 2 nitrogen and oxygen atoms in total. The molecule has 1 atom stereocenters. The predicted octanol–water partition coefficient (Wildman–Crippen LogP) is 3.62. The fourth-order valence-electron chi connectivity index (χ4n) is 3.11. The first kappa shape index (κ1) is 13.8. The molecule has 0 aromatic carbocycles. The number of carbonyl (C=O) groups excluding carboxylic acids is 1. The summed E-state index contributed by atoms with van der Waals surface area (Å²) in [7, 11) is 0. The number of carbonyl (C=O) groups is 1. The van der Waals surface area contributed by atoms with Crippen LogP contribution in [0.2, 0.25) is 0 Å². The third-order valence-corrected chi connectivity index (χ3v) is 4.33. The van der Waals surface area contributed by atoms with Gasteiger partial charge in [0.25, 0.3) is 0 Å². The van der Waals surface area contributed by atoms with Gasteiger partial charge in [-0.05, 0) is 69.5 Å². The van der Waals surface area contributed by atoms with E-state index in [-0.39, 0.29) is 0 Å². The summed E-state index contributed by atoms with van der Waals surface area (Å²) in [4.78, 5) is 12.2. The van der Waals surface area contributed by atoms with Gasteiger partial charge in [0.15, 0.2) is 5.78 Å². The van der Waals surface area contributed by atoms with Gasteiger partial charge in [0, 0.05) is 6.42 Å². The number of allylic oxidation sites excluding steroid dienone is 2. The Morgan fingerprint density at radius 1 is 1.22 bits per heavy atom. The van der Waals surface area contributed by atoms with Crippen LogP contribution in [0, 0.1) is 5.92 Å².